The molecular weight excluding hydrogens is 446 g/mol. The zero-order valence-electron chi connectivity index (χ0n) is 20.6. The van der Waals surface area contributed by atoms with Gasteiger partial charge in [-0.15, -0.1) is 0 Å². The van der Waals surface area contributed by atoms with Crippen molar-refractivity contribution in [3.8, 4) is 33.4 Å². The minimum Gasteiger partial charge on any atom is -0.265 e. The number of hydrogen-bond acceptors (Lipinski definition) is 1. The highest BCUT2D eigenvalue weighted by Gasteiger charge is 2.18. The molecule has 1 nitrogen and oxygen atoms in total. The van der Waals surface area contributed by atoms with Crippen LogP contribution < -0.4 is 0 Å². The lowest BCUT2D eigenvalue weighted by atomic mass is 9.84. The smallest absolute Gasteiger partial charge is 0.0273 e. The largest absolute Gasteiger partial charge is 0.265 e. The van der Waals surface area contributed by atoms with Crippen molar-refractivity contribution >= 4 is 32.3 Å². The maximum atomic E-state index is 4.20. The molecule has 1 heterocycles. The molecule has 0 saturated carbocycles. The molecule has 0 fully saturated rings. The van der Waals surface area contributed by atoms with Gasteiger partial charge in [0.25, 0.3) is 0 Å². The average Bonchev–Trinajstić information content (AvgIpc) is 2.96. The van der Waals surface area contributed by atoms with E-state index < -0.39 is 0 Å². The predicted molar refractivity (Wildman–Crippen MR) is 158 cm³/mol. The van der Waals surface area contributed by atoms with E-state index in [1.54, 1.807) is 0 Å². The van der Waals surface area contributed by atoms with Crippen LogP contribution in [0.15, 0.2) is 134 Å². The van der Waals surface area contributed by atoms with Crippen LogP contribution in [-0.4, -0.2) is 4.98 Å². The van der Waals surface area contributed by atoms with Crippen molar-refractivity contribution in [3.05, 3.63) is 139 Å². The summed E-state index contributed by atoms with van der Waals surface area (Å²) in [6.07, 6.45) is 3.71. The van der Waals surface area contributed by atoms with E-state index in [1.165, 1.54) is 71.3 Å². The molecule has 0 amide bonds. The third-order valence-corrected chi connectivity index (χ3v) is 7.51. The Bertz CT molecular complexity index is 1880. The van der Waals surface area contributed by atoms with E-state index in [0.29, 0.717) is 0 Å². The van der Waals surface area contributed by atoms with E-state index in [1.807, 2.05) is 12.4 Å². The fourth-order valence-electron chi connectivity index (χ4n) is 5.81. The topological polar surface area (TPSA) is 12.9 Å². The van der Waals surface area contributed by atoms with E-state index in [4.69, 9.17) is 0 Å². The first-order valence-electron chi connectivity index (χ1n) is 12.7. The van der Waals surface area contributed by atoms with E-state index in [-0.39, 0.29) is 0 Å². The van der Waals surface area contributed by atoms with E-state index in [2.05, 4.69) is 133 Å². The first-order chi connectivity index (χ1) is 18.3. The van der Waals surface area contributed by atoms with Gasteiger partial charge in [-0.2, -0.15) is 0 Å². The molecule has 1 heteroatoms. The number of fused-ring (bicyclic) bond motifs is 3. The van der Waals surface area contributed by atoms with Gasteiger partial charge in [0, 0.05) is 12.4 Å². The van der Waals surface area contributed by atoms with E-state index in [0.717, 1.165) is 0 Å². The van der Waals surface area contributed by atoms with Gasteiger partial charge in [0.1, 0.15) is 0 Å². The van der Waals surface area contributed by atoms with Crippen LogP contribution in [0, 0.1) is 6.92 Å². The summed E-state index contributed by atoms with van der Waals surface area (Å²) < 4.78 is 0. The highest BCUT2D eigenvalue weighted by molar-refractivity contribution is 6.23. The van der Waals surface area contributed by atoms with Crippen LogP contribution in [0.5, 0.6) is 0 Å². The lowest BCUT2D eigenvalue weighted by molar-refractivity contribution is 1.33. The molecular formula is C36H25N. The SMILES string of the molecule is Cc1cccc2c(-c3c4ccccc4c(-c4cccc(-c5ccncc5)c4)c4ccccc34)cccc12. The van der Waals surface area contributed by atoms with E-state index >= 15 is 0 Å². The monoisotopic (exact) mass is 471 g/mol. The first-order valence-corrected chi connectivity index (χ1v) is 12.7. The van der Waals surface area contributed by atoms with Gasteiger partial charge in [-0.25, -0.2) is 0 Å². The van der Waals surface area contributed by atoms with Crippen molar-refractivity contribution in [3.63, 3.8) is 0 Å². The summed E-state index contributed by atoms with van der Waals surface area (Å²) in [7, 11) is 0. The van der Waals surface area contributed by atoms with Crippen molar-refractivity contribution in [2.75, 3.05) is 0 Å². The van der Waals surface area contributed by atoms with Crippen molar-refractivity contribution in [2.24, 2.45) is 0 Å². The van der Waals surface area contributed by atoms with Gasteiger partial charge < -0.3 is 0 Å². The molecule has 7 rings (SSSR count). The first kappa shape index (κ1) is 21.5. The highest BCUT2D eigenvalue weighted by atomic mass is 14.6. The summed E-state index contributed by atoms with van der Waals surface area (Å²) in [4.78, 5) is 4.20. The highest BCUT2D eigenvalue weighted by Crippen LogP contribution is 2.45. The Labute approximate surface area is 216 Å². The molecule has 0 bridgehead atoms. The number of aryl methyl sites for hydroxylation is 1. The summed E-state index contributed by atoms with van der Waals surface area (Å²) in [6.45, 7) is 2.20. The lowest BCUT2D eigenvalue weighted by Crippen LogP contribution is -1.92. The quantitative estimate of drug-likeness (QED) is 0.234. The van der Waals surface area contributed by atoms with Gasteiger partial charge in [-0.05, 0) is 96.4 Å². The molecule has 0 N–H and O–H groups in total. The minimum atomic E-state index is 1.17. The maximum Gasteiger partial charge on any atom is 0.0273 e. The minimum absolute atomic E-state index is 1.17. The summed E-state index contributed by atoms with van der Waals surface area (Å²) in [6, 6.07) is 44.1. The molecule has 0 radical (unpaired) electrons. The van der Waals surface area contributed by atoms with Crippen molar-refractivity contribution < 1.29 is 0 Å². The van der Waals surface area contributed by atoms with Gasteiger partial charge in [-0.1, -0.05) is 103 Å². The third kappa shape index (κ3) is 3.51. The number of nitrogens with zero attached hydrogens (tertiary/aromatic N) is 1. The molecule has 1 aromatic heterocycles. The van der Waals surface area contributed by atoms with Gasteiger partial charge in [0.2, 0.25) is 0 Å². The molecule has 0 aliphatic carbocycles. The van der Waals surface area contributed by atoms with Gasteiger partial charge in [0.15, 0.2) is 0 Å². The predicted octanol–water partition coefficient (Wildman–Crippen LogP) is 9.85. The van der Waals surface area contributed by atoms with Crippen molar-refractivity contribution in [1.82, 2.24) is 4.98 Å². The van der Waals surface area contributed by atoms with Crippen LogP contribution in [0.3, 0.4) is 0 Å². The summed E-state index contributed by atoms with van der Waals surface area (Å²) in [5.41, 5.74) is 8.76. The van der Waals surface area contributed by atoms with Crippen molar-refractivity contribution in [2.45, 2.75) is 6.92 Å². The average molecular weight is 472 g/mol. The number of hydrogen-bond donors (Lipinski definition) is 0. The zero-order valence-corrected chi connectivity index (χ0v) is 20.6. The molecule has 6 aromatic carbocycles. The van der Waals surface area contributed by atoms with Crippen LogP contribution in [0.25, 0.3) is 65.7 Å². The lowest BCUT2D eigenvalue weighted by Gasteiger charge is -2.19. The number of benzene rings is 6. The van der Waals surface area contributed by atoms with Crippen LogP contribution in [0.1, 0.15) is 5.56 Å². The Morgan fingerprint density at radius 2 is 0.946 bits per heavy atom. The van der Waals surface area contributed by atoms with Crippen LogP contribution >= 0.6 is 0 Å². The molecule has 0 aliphatic heterocycles. The molecule has 7 aromatic rings. The molecule has 174 valence electrons. The number of aromatic nitrogens is 1. The van der Waals surface area contributed by atoms with Gasteiger partial charge >= 0.3 is 0 Å². The Morgan fingerprint density at radius 1 is 0.405 bits per heavy atom. The Hall–Kier alpha value is -4.75. The van der Waals surface area contributed by atoms with Crippen molar-refractivity contribution in [1.29, 1.82) is 0 Å². The standard InChI is InChI=1S/C36H25N/c1-24-9-6-17-29-28(24)16-8-18-30(29)36-33-14-4-2-12-31(33)35(32-13-3-5-15-34(32)36)27-11-7-10-26(23-27)25-19-21-37-22-20-25/h2-23H,1H3. The zero-order chi connectivity index (χ0) is 24.8. The Kier molecular flexibility index (Phi) is 5.08. The summed E-state index contributed by atoms with van der Waals surface area (Å²) in [5.74, 6) is 0. The van der Waals surface area contributed by atoms with Crippen LogP contribution in [-0.2, 0) is 0 Å². The second kappa shape index (κ2) is 8.72. The Morgan fingerprint density at radius 3 is 1.65 bits per heavy atom. The molecule has 37 heavy (non-hydrogen) atoms. The third-order valence-electron chi connectivity index (χ3n) is 7.51. The molecule has 0 aliphatic rings. The van der Waals surface area contributed by atoms with Crippen LogP contribution in [0.4, 0.5) is 0 Å². The molecule has 0 spiro atoms. The number of pyridine rings is 1. The summed E-state index contributed by atoms with van der Waals surface area (Å²) in [5, 5.41) is 7.70. The fraction of sp³-hybridized carbons (Fsp3) is 0.0278. The second-order valence-electron chi connectivity index (χ2n) is 9.63. The molecule has 0 atom stereocenters. The molecule has 0 unspecified atom stereocenters. The fourth-order valence-corrected chi connectivity index (χ4v) is 5.81. The number of rotatable bonds is 3. The maximum absolute atomic E-state index is 4.20. The van der Waals surface area contributed by atoms with Gasteiger partial charge in [-0.3, -0.25) is 4.98 Å². The summed E-state index contributed by atoms with van der Waals surface area (Å²) >= 11 is 0. The normalized spacial score (nSPS) is 11.4. The van der Waals surface area contributed by atoms with Crippen LogP contribution in [0.2, 0.25) is 0 Å². The molecule has 0 saturated heterocycles. The second-order valence-corrected chi connectivity index (χ2v) is 9.63. The van der Waals surface area contributed by atoms with E-state index in [9.17, 15) is 0 Å². The van der Waals surface area contributed by atoms with Gasteiger partial charge in [0.05, 0.1) is 0 Å². The Balaban J connectivity index is 1.60.